The average molecular weight is 130 g/mol. The van der Waals surface area contributed by atoms with Gasteiger partial charge in [0.05, 0.1) is 12.2 Å². The van der Waals surface area contributed by atoms with Crippen molar-refractivity contribution < 1.29 is 9.84 Å². The number of ether oxygens (including phenoxy) is 1. The Bertz CT molecular complexity index is 111. The summed E-state index contributed by atoms with van der Waals surface area (Å²) in [6, 6.07) is 0. The summed E-state index contributed by atoms with van der Waals surface area (Å²) >= 11 is 0. The van der Waals surface area contributed by atoms with Gasteiger partial charge >= 0.3 is 0 Å². The second-order valence-corrected chi connectivity index (χ2v) is 2.87. The molecular formula is C7H14O2. The second kappa shape index (κ2) is 1.96. The molecule has 2 heteroatoms. The Morgan fingerprint density at radius 1 is 1.78 bits per heavy atom. The van der Waals surface area contributed by atoms with Gasteiger partial charge in [-0.25, -0.2) is 0 Å². The number of hydrogen-bond acceptors (Lipinski definition) is 2. The van der Waals surface area contributed by atoms with E-state index in [2.05, 4.69) is 6.92 Å². The van der Waals surface area contributed by atoms with Crippen LogP contribution in [0.15, 0.2) is 0 Å². The van der Waals surface area contributed by atoms with Crippen molar-refractivity contribution >= 4 is 0 Å². The summed E-state index contributed by atoms with van der Waals surface area (Å²) in [7, 11) is 0. The molecular weight excluding hydrogens is 116 g/mol. The molecule has 0 aliphatic carbocycles. The normalized spacial score (nSPS) is 44.7. The smallest absolute Gasteiger partial charge is 0.117 e. The fourth-order valence-corrected chi connectivity index (χ4v) is 1.13. The van der Waals surface area contributed by atoms with Gasteiger partial charge < -0.3 is 9.84 Å². The second-order valence-electron chi connectivity index (χ2n) is 2.87. The number of aliphatic hydroxyl groups excluding tert-OH is 1. The van der Waals surface area contributed by atoms with Crippen molar-refractivity contribution in [3.05, 3.63) is 0 Å². The Labute approximate surface area is 55.8 Å². The molecule has 3 atom stereocenters. The van der Waals surface area contributed by atoms with E-state index in [0.717, 1.165) is 6.42 Å². The molecule has 9 heavy (non-hydrogen) atoms. The molecule has 1 fully saturated rings. The minimum absolute atomic E-state index is 0.227. The SMILES string of the molecule is CC[C@H]1O[C@]1(C)[C@@H](C)O. The third kappa shape index (κ3) is 0.970. The van der Waals surface area contributed by atoms with Gasteiger partial charge in [-0.15, -0.1) is 0 Å². The molecule has 0 unspecified atom stereocenters. The molecule has 0 spiro atoms. The van der Waals surface area contributed by atoms with Crippen molar-refractivity contribution in [3.63, 3.8) is 0 Å². The zero-order chi connectivity index (χ0) is 7.07. The first-order chi connectivity index (χ1) is 4.11. The molecule has 1 heterocycles. The molecule has 1 rings (SSSR count). The van der Waals surface area contributed by atoms with Gasteiger partial charge in [0.2, 0.25) is 0 Å². The van der Waals surface area contributed by atoms with Crippen molar-refractivity contribution in [3.8, 4) is 0 Å². The molecule has 0 aromatic carbocycles. The lowest BCUT2D eigenvalue weighted by Gasteiger charge is -2.07. The standard InChI is InChI=1S/C7H14O2/c1-4-6-7(3,9-6)5(2)8/h5-6,8H,4H2,1-3H3/t5-,6-,7-/m1/s1. The lowest BCUT2D eigenvalue weighted by atomic mass is 10.0. The maximum absolute atomic E-state index is 9.13. The molecule has 54 valence electrons. The average Bonchev–Trinajstić information content (AvgIpc) is 2.44. The molecule has 0 radical (unpaired) electrons. The van der Waals surface area contributed by atoms with E-state index in [1.807, 2.05) is 6.92 Å². The van der Waals surface area contributed by atoms with Gasteiger partial charge in [0.1, 0.15) is 5.60 Å². The van der Waals surface area contributed by atoms with Crippen molar-refractivity contribution in [1.82, 2.24) is 0 Å². The minimum atomic E-state index is -0.331. The maximum Gasteiger partial charge on any atom is 0.117 e. The lowest BCUT2D eigenvalue weighted by Crippen LogP contribution is -2.25. The van der Waals surface area contributed by atoms with Crippen molar-refractivity contribution in [2.24, 2.45) is 0 Å². The molecule has 0 aromatic heterocycles. The van der Waals surface area contributed by atoms with E-state index in [0.29, 0.717) is 0 Å². The van der Waals surface area contributed by atoms with Crippen LogP contribution in [0.1, 0.15) is 27.2 Å². The van der Waals surface area contributed by atoms with E-state index in [-0.39, 0.29) is 17.8 Å². The summed E-state index contributed by atoms with van der Waals surface area (Å²) in [5.41, 5.74) is -0.227. The van der Waals surface area contributed by atoms with Gasteiger partial charge in [0, 0.05) is 0 Å². The third-order valence-corrected chi connectivity index (χ3v) is 2.18. The first-order valence-corrected chi connectivity index (χ1v) is 3.47. The van der Waals surface area contributed by atoms with Crippen LogP contribution in [0.5, 0.6) is 0 Å². The Morgan fingerprint density at radius 3 is 2.44 bits per heavy atom. The van der Waals surface area contributed by atoms with E-state index < -0.39 is 0 Å². The monoisotopic (exact) mass is 130 g/mol. The summed E-state index contributed by atoms with van der Waals surface area (Å²) < 4.78 is 5.27. The Morgan fingerprint density at radius 2 is 2.33 bits per heavy atom. The molecule has 0 aromatic rings. The Kier molecular flexibility index (Phi) is 1.53. The predicted molar refractivity (Wildman–Crippen MR) is 35.2 cm³/mol. The fourth-order valence-electron chi connectivity index (χ4n) is 1.13. The summed E-state index contributed by atoms with van der Waals surface area (Å²) in [6.07, 6.45) is 0.960. The van der Waals surface area contributed by atoms with E-state index in [1.54, 1.807) is 6.92 Å². The number of aliphatic hydroxyl groups is 1. The van der Waals surface area contributed by atoms with Crippen molar-refractivity contribution in [2.75, 3.05) is 0 Å². The van der Waals surface area contributed by atoms with Crippen LogP contribution in [0.4, 0.5) is 0 Å². The van der Waals surface area contributed by atoms with Crippen LogP contribution in [0.3, 0.4) is 0 Å². The third-order valence-electron chi connectivity index (χ3n) is 2.18. The Balaban J connectivity index is 2.42. The van der Waals surface area contributed by atoms with E-state index in [4.69, 9.17) is 9.84 Å². The number of hydrogen-bond donors (Lipinski definition) is 1. The minimum Gasteiger partial charge on any atom is -0.390 e. The van der Waals surface area contributed by atoms with E-state index >= 15 is 0 Å². The highest BCUT2D eigenvalue weighted by molar-refractivity contribution is 5.01. The van der Waals surface area contributed by atoms with E-state index in [9.17, 15) is 0 Å². The van der Waals surface area contributed by atoms with Crippen LogP contribution < -0.4 is 0 Å². The molecule has 0 saturated carbocycles. The summed E-state index contributed by atoms with van der Waals surface area (Å²) in [5.74, 6) is 0. The summed E-state index contributed by atoms with van der Waals surface area (Å²) in [6.45, 7) is 5.79. The highest BCUT2D eigenvalue weighted by atomic mass is 16.6. The lowest BCUT2D eigenvalue weighted by molar-refractivity contribution is 0.101. The zero-order valence-corrected chi connectivity index (χ0v) is 6.22. The first kappa shape index (κ1) is 7.03. The summed E-state index contributed by atoms with van der Waals surface area (Å²) in [5, 5.41) is 9.13. The molecule has 0 amide bonds. The Hall–Kier alpha value is -0.0800. The van der Waals surface area contributed by atoms with Gasteiger partial charge in [-0.2, -0.15) is 0 Å². The van der Waals surface area contributed by atoms with Gasteiger partial charge in [-0.3, -0.25) is 0 Å². The molecule has 2 nitrogen and oxygen atoms in total. The zero-order valence-electron chi connectivity index (χ0n) is 6.22. The van der Waals surface area contributed by atoms with E-state index in [1.165, 1.54) is 0 Å². The fraction of sp³-hybridized carbons (Fsp3) is 1.00. The van der Waals surface area contributed by atoms with Crippen LogP contribution in [0.25, 0.3) is 0 Å². The van der Waals surface area contributed by atoms with Gasteiger partial charge in [-0.1, -0.05) is 6.92 Å². The highest BCUT2D eigenvalue weighted by Gasteiger charge is 2.54. The maximum atomic E-state index is 9.13. The van der Waals surface area contributed by atoms with Crippen LogP contribution in [-0.4, -0.2) is 22.9 Å². The van der Waals surface area contributed by atoms with Gasteiger partial charge in [0.15, 0.2) is 0 Å². The molecule has 1 aliphatic heterocycles. The molecule has 1 saturated heterocycles. The molecule has 0 bridgehead atoms. The van der Waals surface area contributed by atoms with Crippen LogP contribution in [-0.2, 0) is 4.74 Å². The predicted octanol–water partition coefficient (Wildman–Crippen LogP) is 0.935. The topological polar surface area (TPSA) is 32.8 Å². The van der Waals surface area contributed by atoms with Gasteiger partial charge in [0.25, 0.3) is 0 Å². The summed E-state index contributed by atoms with van der Waals surface area (Å²) in [4.78, 5) is 0. The first-order valence-electron chi connectivity index (χ1n) is 3.47. The highest BCUT2D eigenvalue weighted by Crippen LogP contribution is 2.40. The van der Waals surface area contributed by atoms with Crippen molar-refractivity contribution in [2.45, 2.75) is 45.0 Å². The molecule has 1 N–H and O–H groups in total. The van der Waals surface area contributed by atoms with Crippen molar-refractivity contribution in [1.29, 1.82) is 0 Å². The van der Waals surface area contributed by atoms with Gasteiger partial charge in [-0.05, 0) is 20.3 Å². The number of epoxide rings is 1. The number of rotatable bonds is 2. The van der Waals surface area contributed by atoms with Crippen LogP contribution >= 0.6 is 0 Å². The largest absolute Gasteiger partial charge is 0.390 e. The quantitative estimate of drug-likeness (QED) is 0.564. The molecule has 1 aliphatic rings. The van der Waals surface area contributed by atoms with Crippen LogP contribution in [0, 0.1) is 0 Å². The van der Waals surface area contributed by atoms with Crippen LogP contribution in [0.2, 0.25) is 0 Å².